The van der Waals surface area contributed by atoms with E-state index in [-0.39, 0.29) is 24.2 Å². The average molecular weight is 317 g/mol. The smallest absolute Gasteiger partial charge is 0.223 e. The fourth-order valence-corrected chi connectivity index (χ4v) is 2.91. The van der Waals surface area contributed by atoms with Crippen molar-refractivity contribution < 1.29 is 18.7 Å². The molecule has 1 aromatic carbocycles. The van der Waals surface area contributed by atoms with Crippen molar-refractivity contribution in [2.24, 2.45) is 5.92 Å². The van der Waals surface area contributed by atoms with Gasteiger partial charge in [-0.15, -0.1) is 0 Å². The lowest BCUT2D eigenvalue weighted by molar-refractivity contribution is -0.130. The number of nitrogens with zero attached hydrogens (tertiary/aromatic N) is 1. The van der Waals surface area contributed by atoms with Gasteiger partial charge in [0.15, 0.2) is 0 Å². The molecule has 4 nitrogen and oxygen atoms in total. The van der Waals surface area contributed by atoms with E-state index in [0.29, 0.717) is 43.0 Å². The Hall–Kier alpha value is -2.14. The molecule has 1 aromatic heterocycles. The number of likely N-dealkylation sites (tertiary alicyclic amines) is 1. The molecule has 1 unspecified atom stereocenters. The number of hydrogen-bond donors (Lipinski definition) is 1. The first-order valence-electron chi connectivity index (χ1n) is 7.89. The van der Waals surface area contributed by atoms with Gasteiger partial charge in [0, 0.05) is 38.5 Å². The van der Waals surface area contributed by atoms with Crippen molar-refractivity contribution in [2.75, 3.05) is 19.7 Å². The van der Waals surface area contributed by atoms with Gasteiger partial charge in [-0.3, -0.25) is 4.79 Å². The van der Waals surface area contributed by atoms with Crippen LogP contribution in [0.3, 0.4) is 0 Å². The number of carbonyl (C=O) groups is 1. The molecule has 0 spiro atoms. The normalized spacial score (nSPS) is 17.7. The minimum Gasteiger partial charge on any atom is -0.461 e. The molecule has 0 aliphatic carbocycles. The summed E-state index contributed by atoms with van der Waals surface area (Å²) >= 11 is 0. The van der Waals surface area contributed by atoms with Gasteiger partial charge in [-0.1, -0.05) is 12.1 Å². The fourth-order valence-electron chi connectivity index (χ4n) is 2.91. The van der Waals surface area contributed by atoms with Crippen LogP contribution in [-0.4, -0.2) is 35.6 Å². The highest BCUT2D eigenvalue weighted by atomic mass is 19.1. The molecule has 1 aliphatic rings. The van der Waals surface area contributed by atoms with E-state index >= 15 is 0 Å². The summed E-state index contributed by atoms with van der Waals surface area (Å²) in [6, 6.07) is 9.98. The Bertz CT molecular complexity index is 682. The predicted octanol–water partition coefficient (Wildman–Crippen LogP) is 2.86. The van der Waals surface area contributed by atoms with E-state index in [1.165, 1.54) is 6.07 Å². The van der Waals surface area contributed by atoms with Crippen LogP contribution in [0.25, 0.3) is 11.3 Å². The highest BCUT2D eigenvalue weighted by Crippen LogP contribution is 2.25. The third kappa shape index (κ3) is 3.62. The van der Waals surface area contributed by atoms with E-state index in [9.17, 15) is 9.18 Å². The largest absolute Gasteiger partial charge is 0.461 e. The lowest BCUT2D eigenvalue weighted by atomic mass is 10.1. The van der Waals surface area contributed by atoms with Crippen LogP contribution in [0.5, 0.6) is 0 Å². The second-order valence-electron chi connectivity index (χ2n) is 5.92. The zero-order chi connectivity index (χ0) is 16.2. The maximum absolute atomic E-state index is 13.7. The van der Waals surface area contributed by atoms with Gasteiger partial charge in [-0.05, 0) is 30.7 Å². The number of amides is 1. The average Bonchev–Trinajstić information content (AvgIpc) is 3.22. The number of aliphatic hydroxyl groups is 1. The Balaban J connectivity index is 1.58. The minimum absolute atomic E-state index is 0.0739. The first kappa shape index (κ1) is 15.7. The van der Waals surface area contributed by atoms with Gasteiger partial charge in [0.25, 0.3) is 0 Å². The van der Waals surface area contributed by atoms with Crippen LogP contribution in [0.2, 0.25) is 0 Å². The molecule has 0 saturated carbocycles. The van der Waals surface area contributed by atoms with E-state index < -0.39 is 0 Å². The Labute approximate surface area is 134 Å². The molecular formula is C18H20FNO3. The molecule has 2 heterocycles. The van der Waals surface area contributed by atoms with Crippen LogP contribution in [0, 0.1) is 11.7 Å². The first-order valence-corrected chi connectivity index (χ1v) is 7.89. The van der Waals surface area contributed by atoms with Crippen molar-refractivity contribution in [2.45, 2.75) is 19.3 Å². The lowest BCUT2D eigenvalue weighted by Crippen LogP contribution is -2.29. The topological polar surface area (TPSA) is 53.7 Å². The van der Waals surface area contributed by atoms with Gasteiger partial charge >= 0.3 is 0 Å². The monoisotopic (exact) mass is 317 g/mol. The number of carbonyl (C=O) groups excluding carboxylic acids is 1. The summed E-state index contributed by atoms with van der Waals surface area (Å²) in [6.45, 7) is 1.48. The number of furan rings is 1. The van der Waals surface area contributed by atoms with Gasteiger partial charge in [-0.25, -0.2) is 4.39 Å². The van der Waals surface area contributed by atoms with Crippen LogP contribution in [0.4, 0.5) is 4.39 Å². The molecule has 23 heavy (non-hydrogen) atoms. The Kier molecular flexibility index (Phi) is 4.76. The summed E-state index contributed by atoms with van der Waals surface area (Å²) in [5.41, 5.74) is 0.426. The number of halogens is 1. The van der Waals surface area contributed by atoms with E-state index in [1.54, 1.807) is 35.2 Å². The van der Waals surface area contributed by atoms with Gasteiger partial charge in [0.05, 0.1) is 5.56 Å². The van der Waals surface area contributed by atoms with E-state index in [0.717, 1.165) is 6.42 Å². The maximum Gasteiger partial charge on any atom is 0.223 e. The Morgan fingerprint density at radius 1 is 1.30 bits per heavy atom. The molecule has 1 N–H and O–H groups in total. The third-order valence-electron chi connectivity index (χ3n) is 4.28. The quantitative estimate of drug-likeness (QED) is 0.922. The van der Waals surface area contributed by atoms with Gasteiger partial charge < -0.3 is 14.4 Å². The third-order valence-corrected chi connectivity index (χ3v) is 4.28. The van der Waals surface area contributed by atoms with Crippen molar-refractivity contribution >= 4 is 5.91 Å². The molecule has 1 atom stereocenters. The highest BCUT2D eigenvalue weighted by Gasteiger charge is 2.25. The van der Waals surface area contributed by atoms with Crippen molar-refractivity contribution in [3.63, 3.8) is 0 Å². The number of aryl methyl sites for hydroxylation is 1. The molecule has 0 bridgehead atoms. The summed E-state index contributed by atoms with van der Waals surface area (Å²) in [6.07, 6.45) is 1.72. The van der Waals surface area contributed by atoms with Crippen molar-refractivity contribution in [1.82, 2.24) is 4.90 Å². The second kappa shape index (κ2) is 6.96. The van der Waals surface area contributed by atoms with E-state index in [1.807, 2.05) is 0 Å². The zero-order valence-corrected chi connectivity index (χ0v) is 12.9. The molecular weight excluding hydrogens is 297 g/mol. The van der Waals surface area contributed by atoms with Crippen LogP contribution in [-0.2, 0) is 11.2 Å². The molecule has 1 fully saturated rings. The molecule has 1 saturated heterocycles. The fraction of sp³-hybridized carbons (Fsp3) is 0.389. The van der Waals surface area contributed by atoms with Gasteiger partial charge in [-0.2, -0.15) is 0 Å². The zero-order valence-electron chi connectivity index (χ0n) is 12.9. The summed E-state index contributed by atoms with van der Waals surface area (Å²) in [4.78, 5) is 13.9. The van der Waals surface area contributed by atoms with Gasteiger partial charge in [0.1, 0.15) is 17.3 Å². The molecule has 1 aliphatic heterocycles. The Morgan fingerprint density at radius 2 is 2.13 bits per heavy atom. The molecule has 3 rings (SSSR count). The van der Waals surface area contributed by atoms with Crippen LogP contribution >= 0.6 is 0 Å². The maximum atomic E-state index is 13.7. The summed E-state index contributed by atoms with van der Waals surface area (Å²) in [7, 11) is 0. The molecule has 122 valence electrons. The van der Waals surface area contributed by atoms with Crippen molar-refractivity contribution in [3.8, 4) is 11.3 Å². The van der Waals surface area contributed by atoms with E-state index in [4.69, 9.17) is 9.52 Å². The molecule has 5 heteroatoms. The summed E-state index contributed by atoms with van der Waals surface area (Å²) in [5, 5.41) is 9.12. The van der Waals surface area contributed by atoms with Crippen LogP contribution < -0.4 is 0 Å². The predicted molar refractivity (Wildman–Crippen MR) is 84.2 cm³/mol. The number of hydrogen-bond acceptors (Lipinski definition) is 3. The SMILES string of the molecule is O=C(CCc1ccc(-c2ccccc2F)o1)N1CCC(CO)C1. The standard InChI is InChI=1S/C18H20FNO3/c19-16-4-2-1-3-15(16)17-7-5-14(23-17)6-8-18(22)20-10-9-13(11-20)12-21/h1-5,7,13,21H,6,8-12H2. The lowest BCUT2D eigenvalue weighted by Gasteiger charge is -2.15. The highest BCUT2D eigenvalue weighted by molar-refractivity contribution is 5.76. The first-order chi connectivity index (χ1) is 11.2. The number of aliphatic hydroxyl groups excluding tert-OH is 1. The second-order valence-corrected chi connectivity index (χ2v) is 5.92. The summed E-state index contributed by atoms with van der Waals surface area (Å²) in [5.74, 6) is 1.11. The molecule has 1 amide bonds. The minimum atomic E-state index is -0.323. The summed E-state index contributed by atoms with van der Waals surface area (Å²) < 4.78 is 19.4. The van der Waals surface area contributed by atoms with Crippen molar-refractivity contribution in [1.29, 1.82) is 0 Å². The molecule has 2 aromatic rings. The molecule has 0 radical (unpaired) electrons. The van der Waals surface area contributed by atoms with Crippen LogP contribution in [0.1, 0.15) is 18.6 Å². The van der Waals surface area contributed by atoms with Gasteiger partial charge in [0.2, 0.25) is 5.91 Å². The van der Waals surface area contributed by atoms with Crippen LogP contribution in [0.15, 0.2) is 40.8 Å². The number of benzene rings is 1. The van der Waals surface area contributed by atoms with Crippen molar-refractivity contribution in [3.05, 3.63) is 48.0 Å². The number of rotatable bonds is 5. The van der Waals surface area contributed by atoms with E-state index in [2.05, 4.69) is 0 Å². The Morgan fingerprint density at radius 3 is 2.87 bits per heavy atom.